The van der Waals surface area contributed by atoms with Gasteiger partial charge in [0.2, 0.25) is 5.91 Å². The van der Waals surface area contributed by atoms with E-state index in [1.165, 1.54) is 6.42 Å². The van der Waals surface area contributed by atoms with Gasteiger partial charge in [0.1, 0.15) is 11.9 Å². The second-order valence-electron chi connectivity index (χ2n) is 9.11. The molecule has 2 fully saturated rings. The van der Waals surface area contributed by atoms with Crippen molar-refractivity contribution in [2.24, 2.45) is 30.2 Å². The fourth-order valence-electron chi connectivity index (χ4n) is 5.10. The van der Waals surface area contributed by atoms with Crippen LogP contribution >= 0.6 is 0 Å². The molecular formula is C20H33N3O2. The summed E-state index contributed by atoms with van der Waals surface area (Å²) < 4.78 is 1.88. The molecule has 2 aliphatic rings. The Kier molecular flexibility index (Phi) is 5.24. The van der Waals surface area contributed by atoms with Gasteiger partial charge in [-0.05, 0) is 49.4 Å². The average molecular weight is 348 g/mol. The van der Waals surface area contributed by atoms with Gasteiger partial charge in [-0.3, -0.25) is 4.79 Å². The molecule has 140 valence electrons. The highest BCUT2D eigenvalue weighted by atomic mass is 16.3. The minimum Gasteiger partial charge on any atom is -0.385 e. The summed E-state index contributed by atoms with van der Waals surface area (Å²) in [6.45, 7) is 8.38. The van der Waals surface area contributed by atoms with E-state index in [1.54, 1.807) is 6.20 Å². The van der Waals surface area contributed by atoms with Crippen LogP contribution in [0, 0.1) is 23.2 Å². The van der Waals surface area contributed by atoms with Gasteiger partial charge in [-0.2, -0.15) is 0 Å². The molecule has 3 atom stereocenters. The van der Waals surface area contributed by atoms with Gasteiger partial charge < -0.3 is 14.6 Å². The van der Waals surface area contributed by atoms with Crippen molar-refractivity contribution in [2.75, 3.05) is 13.1 Å². The number of hydrogen-bond acceptors (Lipinski definition) is 3. The third-order valence-electron chi connectivity index (χ3n) is 6.16. The number of aromatic nitrogens is 2. The van der Waals surface area contributed by atoms with Crippen LogP contribution in [0.1, 0.15) is 64.8 Å². The molecule has 1 aliphatic carbocycles. The summed E-state index contributed by atoms with van der Waals surface area (Å²) in [7, 11) is 1.91. The maximum absolute atomic E-state index is 13.0. The SMILES string of the molecule is CC1CC(C(=O)N2CCC(C(O)c3nccn3C)CC2)CC(C)(C)C1. The van der Waals surface area contributed by atoms with Gasteiger partial charge in [0.05, 0.1) is 0 Å². The first-order valence-corrected chi connectivity index (χ1v) is 9.71. The molecule has 1 amide bonds. The van der Waals surface area contributed by atoms with Gasteiger partial charge in [-0.1, -0.05) is 20.8 Å². The Labute approximate surface area is 151 Å². The quantitative estimate of drug-likeness (QED) is 0.914. The summed E-state index contributed by atoms with van der Waals surface area (Å²) in [4.78, 5) is 19.3. The molecule has 0 bridgehead atoms. The molecule has 5 heteroatoms. The van der Waals surface area contributed by atoms with E-state index < -0.39 is 6.10 Å². The summed E-state index contributed by atoms with van der Waals surface area (Å²) in [6, 6.07) is 0. The molecule has 3 unspecified atom stereocenters. The zero-order chi connectivity index (χ0) is 18.2. The molecule has 1 N–H and O–H groups in total. The van der Waals surface area contributed by atoms with Crippen molar-refractivity contribution in [3.05, 3.63) is 18.2 Å². The van der Waals surface area contributed by atoms with E-state index >= 15 is 0 Å². The van der Waals surface area contributed by atoms with Crippen molar-refractivity contribution in [2.45, 2.75) is 59.0 Å². The molecule has 3 rings (SSSR count). The van der Waals surface area contributed by atoms with Crippen LogP contribution in [0.3, 0.4) is 0 Å². The van der Waals surface area contributed by atoms with Gasteiger partial charge in [-0.25, -0.2) is 4.98 Å². The second-order valence-corrected chi connectivity index (χ2v) is 9.11. The van der Waals surface area contributed by atoms with Crippen LogP contribution in [0.25, 0.3) is 0 Å². The topological polar surface area (TPSA) is 58.4 Å². The zero-order valence-corrected chi connectivity index (χ0v) is 16.1. The summed E-state index contributed by atoms with van der Waals surface area (Å²) >= 11 is 0. The molecule has 1 saturated carbocycles. The fraction of sp³-hybridized carbons (Fsp3) is 0.800. The van der Waals surface area contributed by atoms with Crippen molar-refractivity contribution < 1.29 is 9.90 Å². The van der Waals surface area contributed by atoms with E-state index in [0.29, 0.717) is 11.8 Å². The number of carbonyl (C=O) groups is 1. The summed E-state index contributed by atoms with van der Waals surface area (Å²) in [5.41, 5.74) is 0.269. The highest BCUT2D eigenvalue weighted by molar-refractivity contribution is 5.79. The Morgan fingerprint density at radius 1 is 1.32 bits per heavy atom. The average Bonchev–Trinajstić information content (AvgIpc) is 2.98. The van der Waals surface area contributed by atoms with E-state index in [4.69, 9.17) is 0 Å². The fourth-order valence-corrected chi connectivity index (χ4v) is 5.10. The Hall–Kier alpha value is -1.36. The Balaban J connectivity index is 1.57. The number of piperidine rings is 1. The highest BCUT2D eigenvalue weighted by Gasteiger charge is 2.38. The molecular weight excluding hydrogens is 314 g/mol. The highest BCUT2D eigenvalue weighted by Crippen LogP contribution is 2.42. The molecule has 1 aromatic rings. The predicted molar refractivity (Wildman–Crippen MR) is 97.8 cm³/mol. The zero-order valence-electron chi connectivity index (χ0n) is 16.1. The number of imidazole rings is 1. The number of aliphatic hydroxyl groups is 1. The Morgan fingerprint density at radius 2 is 2.00 bits per heavy atom. The van der Waals surface area contributed by atoms with Crippen LogP contribution in [0.2, 0.25) is 0 Å². The van der Waals surface area contributed by atoms with E-state index in [0.717, 1.165) is 44.6 Å². The largest absolute Gasteiger partial charge is 0.385 e. The van der Waals surface area contributed by atoms with Crippen LogP contribution in [-0.4, -0.2) is 38.6 Å². The number of carbonyl (C=O) groups excluding carboxylic acids is 1. The number of aliphatic hydroxyl groups excluding tert-OH is 1. The lowest BCUT2D eigenvalue weighted by Crippen LogP contribution is -2.45. The van der Waals surface area contributed by atoms with Crippen LogP contribution < -0.4 is 0 Å². The standard InChI is InChI=1S/C20H33N3O2/c1-14-11-16(13-20(2,3)12-14)19(25)23-8-5-15(6-9-23)17(24)18-21-7-10-22(18)4/h7,10,14-17,24H,5-6,8-9,11-13H2,1-4H3. The number of amides is 1. The Bertz CT molecular complexity index is 602. The van der Waals surface area contributed by atoms with Crippen molar-refractivity contribution in [1.82, 2.24) is 14.5 Å². The lowest BCUT2D eigenvalue weighted by atomic mass is 9.67. The molecule has 0 aromatic carbocycles. The van der Waals surface area contributed by atoms with Crippen LogP contribution in [0.5, 0.6) is 0 Å². The number of rotatable bonds is 3. The third-order valence-corrected chi connectivity index (χ3v) is 6.16. The summed E-state index contributed by atoms with van der Waals surface area (Å²) in [5.74, 6) is 2.05. The molecule has 0 radical (unpaired) electrons. The first-order valence-electron chi connectivity index (χ1n) is 9.71. The van der Waals surface area contributed by atoms with E-state index in [9.17, 15) is 9.90 Å². The third kappa shape index (κ3) is 4.08. The maximum atomic E-state index is 13.0. The van der Waals surface area contributed by atoms with E-state index in [-0.39, 0.29) is 17.3 Å². The van der Waals surface area contributed by atoms with Gasteiger partial charge in [-0.15, -0.1) is 0 Å². The van der Waals surface area contributed by atoms with Gasteiger partial charge in [0, 0.05) is 38.4 Å². The first kappa shape index (κ1) is 18.4. The number of aryl methyl sites for hydroxylation is 1. The van der Waals surface area contributed by atoms with Crippen molar-refractivity contribution in [3.8, 4) is 0 Å². The molecule has 5 nitrogen and oxygen atoms in total. The molecule has 1 aromatic heterocycles. The van der Waals surface area contributed by atoms with Gasteiger partial charge >= 0.3 is 0 Å². The molecule has 25 heavy (non-hydrogen) atoms. The van der Waals surface area contributed by atoms with Gasteiger partial charge in [0.15, 0.2) is 0 Å². The van der Waals surface area contributed by atoms with Crippen molar-refractivity contribution >= 4 is 5.91 Å². The van der Waals surface area contributed by atoms with Crippen LogP contribution in [-0.2, 0) is 11.8 Å². The normalized spacial score (nSPS) is 28.8. The molecule has 1 aliphatic heterocycles. The van der Waals surface area contributed by atoms with E-state index in [2.05, 4.69) is 25.8 Å². The molecule has 0 spiro atoms. The van der Waals surface area contributed by atoms with Crippen molar-refractivity contribution in [1.29, 1.82) is 0 Å². The van der Waals surface area contributed by atoms with Crippen LogP contribution in [0.15, 0.2) is 12.4 Å². The monoisotopic (exact) mass is 347 g/mol. The number of nitrogens with zero attached hydrogens (tertiary/aromatic N) is 3. The van der Waals surface area contributed by atoms with Crippen LogP contribution in [0.4, 0.5) is 0 Å². The number of likely N-dealkylation sites (tertiary alicyclic amines) is 1. The van der Waals surface area contributed by atoms with Crippen molar-refractivity contribution in [3.63, 3.8) is 0 Å². The Morgan fingerprint density at radius 3 is 2.56 bits per heavy atom. The minimum absolute atomic E-state index is 0.176. The molecule has 2 heterocycles. The predicted octanol–water partition coefficient (Wildman–Crippen LogP) is 3.15. The minimum atomic E-state index is -0.536. The lowest BCUT2D eigenvalue weighted by Gasteiger charge is -2.41. The number of hydrogen-bond donors (Lipinski definition) is 1. The van der Waals surface area contributed by atoms with E-state index in [1.807, 2.05) is 22.7 Å². The second kappa shape index (κ2) is 7.10. The van der Waals surface area contributed by atoms with Gasteiger partial charge in [0.25, 0.3) is 0 Å². The maximum Gasteiger partial charge on any atom is 0.225 e. The summed E-state index contributed by atoms with van der Waals surface area (Å²) in [6.07, 6.45) is 8.01. The lowest BCUT2D eigenvalue weighted by molar-refractivity contribution is -0.140. The molecule has 1 saturated heterocycles. The smallest absolute Gasteiger partial charge is 0.225 e. The summed E-state index contributed by atoms with van der Waals surface area (Å²) in [5, 5.41) is 10.6. The first-order chi connectivity index (χ1) is 11.8.